The number of aromatic nitrogens is 3. The number of pyridine rings is 1. The summed E-state index contributed by atoms with van der Waals surface area (Å²) in [6, 6.07) is 4.31. The summed E-state index contributed by atoms with van der Waals surface area (Å²) in [5.74, 6) is -1.40. The summed E-state index contributed by atoms with van der Waals surface area (Å²) in [7, 11) is 0. The highest BCUT2D eigenvalue weighted by molar-refractivity contribution is 5.72. The van der Waals surface area contributed by atoms with Gasteiger partial charge in [0.05, 0.1) is 18.4 Å². The van der Waals surface area contributed by atoms with Gasteiger partial charge in [-0.2, -0.15) is 0 Å². The Morgan fingerprint density at radius 3 is 2.52 bits per heavy atom. The van der Waals surface area contributed by atoms with Gasteiger partial charge >= 0.3 is 11.7 Å². The first-order valence-electron chi connectivity index (χ1n) is 7.27. The second kappa shape index (κ2) is 5.91. The summed E-state index contributed by atoms with van der Waals surface area (Å²) >= 11 is 0. The van der Waals surface area contributed by atoms with Crippen LogP contribution in [-0.2, 0) is 11.3 Å². The van der Waals surface area contributed by atoms with Gasteiger partial charge in [0.15, 0.2) is 0 Å². The Morgan fingerprint density at radius 2 is 2.00 bits per heavy atom. The average molecular weight is 319 g/mol. The summed E-state index contributed by atoms with van der Waals surface area (Å²) in [5, 5.41) is 19.5. The maximum absolute atomic E-state index is 12.5. The van der Waals surface area contributed by atoms with Gasteiger partial charge in [-0.25, -0.2) is 9.59 Å². The molecular formula is C16H21N3O4. The third kappa shape index (κ3) is 3.44. The molecule has 0 saturated carbocycles. The van der Waals surface area contributed by atoms with E-state index in [1.54, 1.807) is 26.8 Å². The van der Waals surface area contributed by atoms with E-state index >= 15 is 0 Å². The van der Waals surface area contributed by atoms with Gasteiger partial charge in [0.2, 0.25) is 5.88 Å². The number of aliphatic carboxylic acids is 1. The second-order valence-corrected chi connectivity index (χ2v) is 6.64. The van der Waals surface area contributed by atoms with Crippen molar-refractivity contribution >= 4 is 5.97 Å². The first-order chi connectivity index (χ1) is 10.6. The highest BCUT2D eigenvalue weighted by atomic mass is 16.4. The normalized spacial score (nSPS) is 13.0. The lowest BCUT2D eigenvalue weighted by Gasteiger charge is -2.27. The summed E-state index contributed by atoms with van der Waals surface area (Å²) < 4.78 is 2.18. The van der Waals surface area contributed by atoms with E-state index < -0.39 is 23.1 Å². The number of rotatable bonds is 4. The standard InChI is InChI=1S/C16H21N3O4/c1-10-6-5-7-11(17-10)8-18-12(20)9-19(15(18)23)13(14(21)22)16(2,3)4/h5-7,9,13,20H,8H2,1-4H3,(H,21,22)/t13-/m1/s1. The molecule has 0 fully saturated rings. The molecule has 2 aromatic rings. The largest absolute Gasteiger partial charge is 0.493 e. The molecule has 0 aromatic carbocycles. The van der Waals surface area contributed by atoms with Crippen LogP contribution in [0.5, 0.6) is 5.88 Å². The smallest absolute Gasteiger partial charge is 0.332 e. The molecule has 0 bridgehead atoms. The molecule has 2 rings (SSSR count). The molecule has 0 saturated heterocycles. The highest BCUT2D eigenvalue weighted by Crippen LogP contribution is 2.30. The Morgan fingerprint density at radius 1 is 1.35 bits per heavy atom. The van der Waals surface area contributed by atoms with Crippen LogP contribution in [0.25, 0.3) is 0 Å². The minimum atomic E-state index is -1.12. The van der Waals surface area contributed by atoms with Crippen molar-refractivity contribution in [2.45, 2.75) is 40.3 Å². The molecule has 0 amide bonds. The molecule has 0 aliphatic carbocycles. The van der Waals surface area contributed by atoms with Crippen LogP contribution in [0.3, 0.4) is 0 Å². The lowest BCUT2D eigenvalue weighted by Crippen LogP contribution is -2.38. The third-order valence-corrected chi connectivity index (χ3v) is 3.58. The summed E-state index contributed by atoms with van der Waals surface area (Å²) in [6.07, 6.45) is 1.17. The Labute approximate surface area is 133 Å². The molecule has 0 aliphatic heterocycles. The van der Waals surface area contributed by atoms with Crippen LogP contribution in [-0.4, -0.2) is 30.3 Å². The number of carboxylic acid groups (broad SMARTS) is 1. The average Bonchev–Trinajstić information content (AvgIpc) is 2.65. The molecule has 7 heteroatoms. The molecule has 2 aromatic heterocycles. The number of carbonyl (C=O) groups is 1. The van der Waals surface area contributed by atoms with E-state index in [0.717, 1.165) is 14.8 Å². The maximum atomic E-state index is 12.5. The summed E-state index contributed by atoms with van der Waals surface area (Å²) in [4.78, 5) is 28.4. The highest BCUT2D eigenvalue weighted by Gasteiger charge is 2.35. The van der Waals surface area contributed by atoms with Crippen molar-refractivity contribution in [2.75, 3.05) is 0 Å². The Bertz CT molecular complexity index is 783. The second-order valence-electron chi connectivity index (χ2n) is 6.64. The molecule has 1 atom stereocenters. The van der Waals surface area contributed by atoms with Crippen molar-refractivity contribution in [3.8, 4) is 5.88 Å². The molecule has 7 nitrogen and oxygen atoms in total. The fourth-order valence-electron chi connectivity index (χ4n) is 2.58. The Balaban J connectivity index is 2.47. The van der Waals surface area contributed by atoms with Crippen LogP contribution in [0.2, 0.25) is 0 Å². The number of aromatic hydroxyl groups is 1. The molecule has 2 heterocycles. The van der Waals surface area contributed by atoms with Crippen molar-refractivity contribution in [2.24, 2.45) is 5.41 Å². The van der Waals surface area contributed by atoms with E-state index in [2.05, 4.69) is 4.98 Å². The predicted octanol–water partition coefficient (Wildman–Crippen LogP) is 1.78. The predicted molar refractivity (Wildman–Crippen MR) is 84.6 cm³/mol. The molecule has 124 valence electrons. The van der Waals surface area contributed by atoms with E-state index in [-0.39, 0.29) is 12.4 Å². The van der Waals surface area contributed by atoms with Crippen LogP contribution in [0.15, 0.2) is 29.2 Å². The summed E-state index contributed by atoms with van der Waals surface area (Å²) in [5.41, 5.74) is 0.152. The number of aryl methyl sites for hydroxylation is 1. The first kappa shape index (κ1) is 16.8. The summed E-state index contributed by atoms with van der Waals surface area (Å²) in [6.45, 7) is 7.10. The van der Waals surface area contributed by atoms with Crippen LogP contribution < -0.4 is 5.69 Å². The number of hydrogen-bond donors (Lipinski definition) is 2. The van der Waals surface area contributed by atoms with Gasteiger partial charge < -0.3 is 10.2 Å². The number of nitrogens with zero attached hydrogens (tertiary/aromatic N) is 3. The number of imidazole rings is 1. The minimum Gasteiger partial charge on any atom is -0.493 e. The van der Waals surface area contributed by atoms with E-state index in [0.29, 0.717) is 5.69 Å². The van der Waals surface area contributed by atoms with Crippen molar-refractivity contribution in [1.82, 2.24) is 14.1 Å². The zero-order valence-electron chi connectivity index (χ0n) is 13.6. The molecule has 0 aliphatic rings. The van der Waals surface area contributed by atoms with Crippen molar-refractivity contribution in [3.05, 3.63) is 46.3 Å². The van der Waals surface area contributed by atoms with Gasteiger partial charge in [-0.15, -0.1) is 0 Å². The quantitative estimate of drug-likeness (QED) is 0.895. The van der Waals surface area contributed by atoms with Gasteiger partial charge in [0, 0.05) is 5.69 Å². The van der Waals surface area contributed by atoms with Crippen LogP contribution in [0, 0.1) is 12.3 Å². The third-order valence-electron chi connectivity index (χ3n) is 3.58. The van der Waals surface area contributed by atoms with Crippen LogP contribution in [0.1, 0.15) is 38.2 Å². The van der Waals surface area contributed by atoms with E-state index in [9.17, 15) is 19.8 Å². The SMILES string of the molecule is Cc1cccc(Cn2c(O)cn([C@H](C(=O)O)C(C)(C)C)c2=O)n1. The van der Waals surface area contributed by atoms with E-state index in [1.165, 1.54) is 6.20 Å². The van der Waals surface area contributed by atoms with Crippen molar-refractivity contribution in [3.63, 3.8) is 0 Å². The zero-order chi connectivity index (χ0) is 17.4. The van der Waals surface area contributed by atoms with E-state index in [4.69, 9.17) is 0 Å². The van der Waals surface area contributed by atoms with Crippen LogP contribution in [0.4, 0.5) is 0 Å². The molecule has 2 N–H and O–H groups in total. The van der Waals surface area contributed by atoms with Gasteiger partial charge in [0.1, 0.15) is 6.04 Å². The Hall–Kier alpha value is -2.57. The lowest BCUT2D eigenvalue weighted by atomic mass is 9.86. The molecular weight excluding hydrogens is 298 g/mol. The molecule has 0 radical (unpaired) electrons. The van der Waals surface area contributed by atoms with Gasteiger partial charge in [-0.1, -0.05) is 26.8 Å². The lowest BCUT2D eigenvalue weighted by molar-refractivity contribution is -0.144. The number of hydrogen-bond acceptors (Lipinski definition) is 4. The van der Waals surface area contributed by atoms with Gasteiger partial charge in [-0.3, -0.25) is 14.1 Å². The molecule has 0 unspecified atom stereocenters. The Kier molecular flexibility index (Phi) is 4.31. The fraction of sp³-hybridized carbons (Fsp3) is 0.438. The fourth-order valence-corrected chi connectivity index (χ4v) is 2.58. The van der Waals surface area contributed by atoms with Crippen molar-refractivity contribution in [1.29, 1.82) is 0 Å². The topological polar surface area (TPSA) is 97.4 Å². The van der Waals surface area contributed by atoms with Gasteiger partial charge in [0.25, 0.3) is 0 Å². The van der Waals surface area contributed by atoms with E-state index in [1.807, 2.05) is 19.1 Å². The minimum absolute atomic E-state index is 0.0792. The number of carboxylic acids is 1. The first-order valence-corrected chi connectivity index (χ1v) is 7.27. The van der Waals surface area contributed by atoms with Crippen LogP contribution >= 0.6 is 0 Å². The molecule has 23 heavy (non-hydrogen) atoms. The van der Waals surface area contributed by atoms with Gasteiger partial charge in [-0.05, 0) is 24.5 Å². The monoisotopic (exact) mass is 319 g/mol. The van der Waals surface area contributed by atoms with Crippen molar-refractivity contribution < 1.29 is 15.0 Å². The maximum Gasteiger partial charge on any atom is 0.332 e. The molecule has 0 spiro atoms. The zero-order valence-corrected chi connectivity index (χ0v) is 13.6.